The van der Waals surface area contributed by atoms with Crippen molar-refractivity contribution in [3.63, 3.8) is 0 Å². The lowest BCUT2D eigenvalue weighted by Gasteiger charge is -2.13. The van der Waals surface area contributed by atoms with Gasteiger partial charge in [0.1, 0.15) is 11.6 Å². The van der Waals surface area contributed by atoms with Crippen LogP contribution in [0.25, 0.3) is 5.76 Å². The first-order valence-corrected chi connectivity index (χ1v) is 3.46. The fraction of sp³-hybridized carbons (Fsp3) is 0.125. The van der Waals surface area contributed by atoms with Gasteiger partial charge in [-0.1, -0.05) is 0 Å². The van der Waals surface area contributed by atoms with Crippen LogP contribution in [0.15, 0.2) is 24.4 Å². The Morgan fingerprint density at radius 1 is 1.55 bits per heavy atom. The van der Waals surface area contributed by atoms with Gasteiger partial charge in [0.15, 0.2) is 0 Å². The molecule has 11 heavy (non-hydrogen) atoms. The van der Waals surface area contributed by atoms with Crippen LogP contribution in [0.3, 0.4) is 0 Å². The maximum absolute atomic E-state index is 9.34. The van der Waals surface area contributed by atoms with Gasteiger partial charge in [0.25, 0.3) is 0 Å². The minimum absolute atomic E-state index is 0.312. The molecular weight excluding hydrogens is 140 g/mol. The highest BCUT2D eigenvalue weighted by atomic mass is 16.3. The van der Waals surface area contributed by atoms with Gasteiger partial charge in [0.05, 0.1) is 5.56 Å². The van der Waals surface area contributed by atoms with Crippen molar-refractivity contribution < 1.29 is 5.11 Å². The molecule has 1 aliphatic rings. The van der Waals surface area contributed by atoms with E-state index >= 15 is 0 Å². The normalized spacial score (nSPS) is 14.7. The number of aromatic nitrogens is 1. The van der Waals surface area contributed by atoms with E-state index in [2.05, 4.69) is 10.3 Å². The number of fused-ring (bicyclic) bond motifs is 1. The Balaban J connectivity index is 2.56. The first-order chi connectivity index (χ1) is 5.38. The van der Waals surface area contributed by atoms with Crippen molar-refractivity contribution in [1.82, 2.24) is 4.98 Å². The van der Waals surface area contributed by atoms with Crippen molar-refractivity contribution in [3.8, 4) is 0 Å². The minimum Gasteiger partial charge on any atom is -0.507 e. The number of hydrogen-bond donors (Lipinski definition) is 2. The maximum Gasteiger partial charge on any atom is 0.137 e. The predicted molar refractivity (Wildman–Crippen MR) is 43.3 cm³/mol. The summed E-state index contributed by atoms with van der Waals surface area (Å²) in [7, 11) is 0. The molecule has 0 fully saturated rings. The van der Waals surface area contributed by atoms with E-state index in [4.69, 9.17) is 0 Å². The van der Waals surface area contributed by atoms with E-state index in [0.717, 1.165) is 11.4 Å². The number of pyridine rings is 1. The van der Waals surface area contributed by atoms with Gasteiger partial charge < -0.3 is 10.4 Å². The Morgan fingerprint density at radius 3 is 3.27 bits per heavy atom. The third-order valence-electron chi connectivity index (χ3n) is 1.65. The van der Waals surface area contributed by atoms with E-state index in [1.165, 1.54) is 0 Å². The van der Waals surface area contributed by atoms with Crippen LogP contribution in [0, 0.1) is 0 Å². The molecule has 0 saturated heterocycles. The molecule has 0 radical (unpaired) electrons. The van der Waals surface area contributed by atoms with Crippen LogP contribution in [0.5, 0.6) is 0 Å². The van der Waals surface area contributed by atoms with Gasteiger partial charge in [-0.25, -0.2) is 4.98 Å². The lowest BCUT2D eigenvalue weighted by Crippen LogP contribution is -2.09. The van der Waals surface area contributed by atoms with Crippen LogP contribution in [0.4, 0.5) is 5.82 Å². The summed E-state index contributed by atoms with van der Waals surface area (Å²) in [5.74, 6) is 1.07. The van der Waals surface area contributed by atoms with Gasteiger partial charge >= 0.3 is 0 Å². The number of aliphatic hydroxyl groups is 1. The summed E-state index contributed by atoms with van der Waals surface area (Å²) in [5.41, 5.74) is 0.777. The van der Waals surface area contributed by atoms with Crippen LogP contribution >= 0.6 is 0 Å². The molecule has 2 rings (SSSR count). The van der Waals surface area contributed by atoms with E-state index in [9.17, 15) is 5.11 Å². The van der Waals surface area contributed by atoms with Crippen LogP contribution in [0.2, 0.25) is 0 Å². The molecule has 0 saturated carbocycles. The Labute approximate surface area is 64.4 Å². The summed E-state index contributed by atoms with van der Waals surface area (Å²) in [6.45, 7) is 0.649. The number of anilines is 1. The van der Waals surface area contributed by atoms with Gasteiger partial charge in [-0.15, -0.1) is 0 Å². The van der Waals surface area contributed by atoms with Crippen LogP contribution < -0.4 is 5.32 Å². The molecule has 3 nitrogen and oxygen atoms in total. The molecule has 0 atom stereocenters. The molecule has 3 heteroatoms. The lowest BCUT2D eigenvalue weighted by atomic mass is 10.1. The number of nitrogens with one attached hydrogen (secondary N) is 1. The van der Waals surface area contributed by atoms with Crippen LogP contribution in [0.1, 0.15) is 5.56 Å². The summed E-state index contributed by atoms with van der Waals surface area (Å²) in [4.78, 5) is 4.06. The summed E-state index contributed by atoms with van der Waals surface area (Å²) in [6, 6.07) is 3.64. The molecule has 1 aromatic heterocycles. The minimum atomic E-state index is 0.312. The highest BCUT2D eigenvalue weighted by Crippen LogP contribution is 2.21. The molecule has 0 spiro atoms. The molecule has 1 aromatic rings. The SMILES string of the molecule is OC1=CCNc2ncccc21. The van der Waals surface area contributed by atoms with Gasteiger partial charge in [0.2, 0.25) is 0 Å². The first-order valence-electron chi connectivity index (χ1n) is 3.46. The molecule has 0 unspecified atom stereocenters. The standard InChI is InChI=1S/C8H8N2O/c11-7-3-5-10-8-6(7)2-1-4-9-8/h1-4,11H,5H2,(H,9,10). The Hall–Kier alpha value is -1.51. The Bertz CT molecular complexity index is 307. The smallest absolute Gasteiger partial charge is 0.137 e. The molecule has 0 bridgehead atoms. The zero-order chi connectivity index (χ0) is 7.68. The fourth-order valence-corrected chi connectivity index (χ4v) is 1.11. The molecule has 0 aliphatic carbocycles. The molecule has 2 heterocycles. The van der Waals surface area contributed by atoms with E-state index in [0.29, 0.717) is 12.3 Å². The van der Waals surface area contributed by atoms with Gasteiger partial charge in [0, 0.05) is 12.7 Å². The summed E-state index contributed by atoms with van der Waals surface area (Å²) in [6.07, 6.45) is 3.43. The van der Waals surface area contributed by atoms with E-state index < -0.39 is 0 Å². The lowest BCUT2D eigenvalue weighted by molar-refractivity contribution is 0.509. The first kappa shape index (κ1) is 6.22. The summed E-state index contributed by atoms with van der Waals surface area (Å²) in [5, 5.41) is 12.4. The zero-order valence-corrected chi connectivity index (χ0v) is 5.91. The number of hydrogen-bond acceptors (Lipinski definition) is 3. The monoisotopic (exact) mass is 148 g/mol. The maximum atomic E-state index is 9.34. The second kappa shape index (κ2) is 2.27. The van der Waals surface area contributed by atoms with Gasteiger partial charge in [-0.05, 0) is 18.2 Å². The average molecular weight is 148 g/mol. The molecular formula is C8H8N2O. The highest BCUT2D eigenvalue weighted by Gasteiger charge is 2.09. The number of rotatable bonds is 0. The van der Waals surface area contributed by atoms with Crippen molar-refractivity contribution in [2.75, 3.05) is 11.9 Å². The third kappa shape index (κ3) is 0.941. The molecule has 0 amide bonds. The van der Waals surface area contributed by atoms with Crippen LogP contribution in [-0.2, 0) is 0 Å². The van der Waals surface area contributed by atoms with Crippen LogP contribution in [-0.4, -0.2) is 16.6 Å². The third-order valence-corrected chi connectivity index (χ3v) is 1.65. The number of nitrogens with zero attached hydrogens (tertiary/aromatic N) is 1. The van der Waals surface area contributed by atoms with Crippen molar-refractivity contribution in [3.05, 3.63) is 30.0 Å². The predicted octanol–water partition coefficient (Wildman–Crippen LogP) is 1.41. The molecule has 1 aliphatic heterocycles. The quantitative estimate of drug-likeness (QED) is 0.584. The van der Waals surface area contributed by atoms with Crippen molar-refractivity contribution in [1.29, 1.82) is 0 Å². The molecule has 0 aromatic carbocycles. The second-order valence-corrected chi connectivity index (χ2v) is 2.37. The van der Waals surface area contributed by atoms with Crippen molar-refractivity contribution >= 4 is 11.6 Å². The van der Waals surface area contributed by atoms with Crippen molar-refractivity contribution in [2.45, 2.75) is 0 Å². The Morgan fingerprint density at radius 2 is 2.45 bits per heavy atom. The van der Waals surface area contributed by atoms with Crippen molar-refractivity contribution in [2.24, 2.45) is 0 Å². The topological polar surface area (TPSA) is 45.1 Å². The largest absolute Gasteiger partial charge is 0.507 e. The van der Waals surface area contributed by atoms with Gasteiger partial charge in [-0.2, -0.15) is 0 Å². The number of aliphatic hydroxyl groups excluding tert-OH is 1. The molecule has 56 valence electrons. The fourth-order valence-electron chi connectivity index (χ4n) is 1.11. The van der Waals surface area contributed by atoms with E-state index in [1.807, 2.05) is 6.07 Å². The average Bonchev–Trinajstić information content (AvgIpc) is 2.06. The Kier molecular flexibility index (Phi) is 1.28. The summed E-state index contributed by atoms with van der Waals surface area (Å²) < 4.78 is 0. The summed E-state index contributed by atoms with van der Waals surface area (Å²) >= 11 is 0. The molecule has 2 N–H and O–H groups in total. The van der Waals surface area contributed by atoms with E-state index in [1.54, 1.807) is 18.3 Å². The second-order valence-electron chi connectivity index (χ2n) is 2.37. The highest BCUT2D eigenvalue weighted by molar-refractivity contribution is 5.71. The van der Waals surface area contributed by atoms with E-state index in [-0.39, 0.29) is 0 Å². The van der Waals surface area contributed by atoms with Gasteiger partial charge in [-0.3, -0.25) is 0 Å². The zero-order valence-electron chi connectivity index (χ0n) is 5.91.